The van der Waals surface area contributed by atoms with E-state index < -0.39 is 0 Å². The molecule has 3 rings (SSSR count). The summed E-state index contributed by atoms with van der Waals surface area (Å²) in [4.78, 5) is 11.3. The lowest BCUT2D eigenvalue weighted by molar-refractivity contribution is -0.142. The minimum Gasteiger partial charge on any atom is -0.462 e. The zero-order chi connectivity index (χ0) is 9.27. The maximum absolute atomic E-state index is 11.3. The van der Waals surface area contributed by atoms with Crippen LogP contribution in [0.1, 0.15) is 39.5 Å². The van der Waals surface area contributed by atoms with E-state index in [2.05, 4.69) is 13.8 Å². The Morgan fingerprint density at radius 1 is 1.46 bits per heavy atom. The molecule has 2 aliphatic carbocycles. The molecule has 2 saturated carbocycles. The predicted octanol–water partition coefficient (Wildman–Crippen LogP) is 2.13. The third-order valence-corrected chi connectivity index (χ3v) is 5.09. The van der Waals surface area contributed by atoms with Gasteiger partial charge in [-0.1, -0.05) is 13.8 Å². The van der Waals surface area contributed by atoms with Crippen molar-refractivity contribution in [3.05, 3.63) is 0 Å². The fourth-order valence-electron chi connectivity index (χ4n) is 4.04. The van der Waals surface area contributed by atoms with E-state index in [1.54, 1.807) is 0 Å². The highest BCUT2D eigenvalue weighted by Crippen LogP contribution is 2.70. The third kappa shape index (κ3) is 0.660. The van der Waals surface area contributed by atoms with Crippen molar-refractivity contribution in [3.8, 4) is 0 Å². The lowest BCUT2D eigenvalue weighted by atomic mass is 9.67. The van der Waals surface area contributed by atoms with Gasteiger partial charge in [0.05, 0.1) is 6.42 Å². The summed E-state index contributed by atoms with van der Waals surface area (Å²) in [7, 11) is 0. The van der Waals surface area contributed by atoms with Crippen LogP contribution in [0, 0.1) is 16.7 Å². The van der Waals surface area contributed by atoms with Crippen molar-refractivity contribution in [3.63, 3.8) is 0 Å². The number of ether oxygens (including phenoxy) is 1. The summed E-state index contributed by atoms with van der Waals surface area (Å²) < 4.78 is 5.41. The van der Waals surface area contributed by atoms with E-state index in [4.69, 9.17) is 4.74 Å². The van der Waals surface area contributed by atoms with Gasteiger partial charge in [-0.3, -0.25) is 4.79 Å². The SMILES string of the molecule is CC1(C)[C@H]2CC[C@@]13CC(=O)O[C@@H]3C2. The zero-order valence-electron chi connectivity index (χ0n) is 8.30. The molecule has 72 valence electrons. The second kappa shape index (κ2) is 1.94. The molecule has 1 spiro atoms. The summed E-state index contributed by atoms with van der Waals surface area (Å²) in [6.45, 7) is 4.65. The average molecular weight is 180 g/mol. The van der Waals surface area contributed by atoms with E-state index in [0.29, 0.717) is 11.8 Å². The van der Waals surface area contributed by atoms with Crippen LogP contribution in [0.25, 0.3) is 0 Å². The molecule has 2 bridgehead atoms. The molecule has 3 atom stereocenters. The summed E-state index contributed by atoms with van der Waals surface area (Å²) in [6, 6.07) is 0. The van der Waals surface area contributed by atoms with Crippen LogP contribution >= 0.6 is 0 Å². The van der Waals surface area contributed by atoms with Crippen molar-refractivity contribution >= 4 is 5.97 Å². The molecule has 0 aromatic heterocycles. The molecule has 13 heavy (non-hydrogen) atoms. The van der Waals surface area contributed by atoms with Gasteiger partial charge in [-0.2, -0.15) is 0 Å². The Morgan fingerprint density at radius 3 is 2.85 bits per heavy atom. The van der Waals surface area contributed by atoms with Crippen molar-refractivity contribution in [2.45, 2.75) is 45.6 Å². The van der Waals surface area contributed by atoms with Crippen LogP contribution < -0.4 is 0 Å². The second-order valence-corrected chi connectivity index (χ2v) is 5.50. The van der Waals surface area contributed by atoms with Crippen molar-refractivity contribution in [2.75, 3.05) is 0 Å². The third-order valence-electron chi connectivity index (χ3n) is 5.09. The van der Waals surface area contributed by atoms with Gasteiger partial charge in [0.25, 0.3) is 0 Å². The minimum absolute atomic E-state index is 0.0402. The van der Waals surface area contributed by atoms with Gasteiger partial charge in [0.2, 0.25) is 0 Å². The lowest BCUT2D eigenvalue weighted by Crippen LogP contribution is -2.34. The normalized spacial score (nSPS) is 50.8. The molecule has 1 heterocycles. The Bertz CT molecular complexity index is 282. The molecular weight excluding hydrogens is 164 g/mol. The maximum Gasteiger partial charge on any atom is 0.306 e. The summed E-state index contributed by atoms with van der Waals surface area (Å²) in [5.41, 5.74) is 0.554. The van der Waals surface area contributed by atoms with Crippen LogP contribution in [0.2, 0.25) is 0 Å². The molecule has 2 nitrogen and oxygen atoms in total. The van der Waals surface area contributed by atoms with Crippen LogP contribution in [0.3, 0.4) is 0 Å². The van der Waals surface area contributed by atoms with E-state index in [9.17, 15) is 4.79 Å². The molecule has 0 radical (unpaired) electrons. The van der Waals surface area contributed by atoms with Crippen LogP contribution in [0.5, 0.6) is 0 Å². The first-order valence-electron chi connectivity index (χ1n) is 5.26. The molecule has 0 amide bonds. The summed E-state index contributed by atoms with van der Waals surface area (Å²) in [6.07, 6.45) is 4.58. The van der Waals surface area contributed by atoms with Crippen LogP contribution in [0.4, 0.5) is 0 Å². The maximum atomic E-state index is 11.3. The molecular formula is C11H16O2. The first kappa shape index (κ1) is 7.84. The average Bonchev–Trinajstić information content (AvgIpc) is 2.55. The highest BCUT2D eigenvalue weighted by molar-refractivity contribution is 5.74. The van der Waals surface area contributed by atoms with Gasteiger partial charge in [0.15, 0.2) is 0 Å². The molecule has 0 unspecified atom stereocenters. The molecule has 1 aliphatic heterocycles. The minimum atomic E-state index is 0.0402. The van der Waals surface area contributed by atoms with E-state index in [0.717, 1.165) is 12.3 Å². The van der Waals surface area contributed by atoms with Gasteiger partial charge in [0, 0.05) is 5.41 Å². The lowest BCUT2D eigenvalue weighted by Gasteiger charge is -2.35. The van der Waals surface area contributed by atoms with Crippen LogP contribution in [0.15, 0.2) is 0 Å². The second-order valence-electron chi connectivity index (χ2n) is 5.50. The highest BCUT2D eigenvalue weighted by atomic mass is 16.6. The zero-order valence-corrected chi connectivity index (χ0v) is 8.30. The Morgan fingerprint density at radius 2 is 2.23 bits per heavy atom. The van der Waals surface area contributed by atoms with Gasteiger partial charge in [0.1, 0.15) is 6.10 Å². The number of esters is 1. The Hall–Kier alpha value is -0.530. The fraction of sp³-hybridized carbons (Fsp3) is 0.909. The summed E-state index contributed by atoms with van der Waals surface area (Å²) in [5.74, 6) is 0.837. The van der Waals surface area contributed by atoms with Crippen LogP contribution in [-0.4, -0.2) is 12.1 Å². The van der Waals surface area contributed by atoms with Crippen LogP contribution in [-0.2, 0) is 9.53 Å². The number of rotatable bonds is 0. The highest BCUT2D eigenvalue weighted by Gasteiger charge is 2.68. The number of hydrogen-bond acceptors (Lipinski definition) is 2. The van der Waals surface area contributed by atoms with Gasteiger partial charge in [-0.15, -0.1) is 0 Å². The van der Waals surface area contributed by atoms with E-state index >= 15 is 0 Å². The van der Waals surface area contributed by atoms with E-state index in [-0.39, 0.29) is 17.5 Å². The van der Waals surface area contributed by atoms with E-state index in [1.165, 1.54) is 12.8 Å². The largest absolute Gasteiger partial charge is 0.462 e. The smallest absolute Gasteiger partial charge is 0.306 e. The molecule has 0 N–H and O–H groups in total. The van der Waals surface area contributed by atoms with Crippen molar-refractivity contribution in [2.24, 2.45) is 16.7 Å². The molecule has 1 saturated heterocycles. The molecule has 3 aliphatic rings. The number of carbonyl (C=O) groups excluding carboxylic acids is 1. The Kier molecular flexibility index (Phi) is 1.17. The van der Waals surface area contributed by atoms with Gasteiger partial charge in [-0.05, 0) is 30.6 Å². The van der Waals surface area contributed by atoms with Crippen molar-refractivity contribution in [1.29, 1.82) is 0 Å². The number of hydrogen-bond donors (Lipinski definition) is 0. The molecule has 3 fully saturated rings. The molecule has 0 aromatic carbocycles. The van der Waals surface area contributed by atoms with Gasteiger partial charge < -0.3 is 4.74 Å². The number of fused-ring (bicyclic) bond motifs is 1. The standard InChI is InChI=1S/C11H16O2/c1-10(2)7-3-4-11(10)6-9(12)13-8(11)5-7/h7-8H,3-6H2,1-2H3/t7-,8+,11-/m0/s1. The predicted molar refractivity (Wildman–Crippen MR) is 48.1 cm³/mol. The van der Waals surface area contributed by atoms with Crippen molar-refractivity contribution in [1.82, 2.24) is 0 Å². The number of carbonyl (C=O) groups is 1. The fourth-order valence-corrected chi connectivity index (χ4v) is 4.04. The van der Waals surface area contributed by atoms with Gasteiger partial charge >= 0.3 is 5.97 Å². The Balaban J connectivity index is 2.09. The quantitative estimate of drug-likeness (QED) is 0.534. The van der Waals surface area contributed by atoms with E-state index in [1.807, 2.05) is 0 Å². The first-order chi connectivity index (χ1) is 6.06. The van der Waals surface area contributed by atoms with Crippen molar-refractivity contribution < 1.29 is 9.53 Å². The topological polar surface area (TPSA) is 26.3 Å². The molecule has 0 aromatic rings. The summed E-state index contributed by atoms with van der Waals surface area (Å²) >= 11 is 0. The monoisotopic (exact) mass is 180 g/mol. The molecule has 2 heteroatoms. The Labute approximate surface area is 78.6 Å². The first-order valence-corrected chi connectivity index (χ1v) is 5.26. The summed E-state index contributed by atoms with van der Waals surface area (Å²) in [5, 5.41) is 0. The van der Waals surface area contributed by atoms with Gasteiger partial charge in [-0.25, -0.2) is 0 Å².